The topological polar surface area (TPSA) is 49.4 Å². The highest BCUT2D eigenvalue weighted by Crippen LogP contribution is 2.37. The van der Waals surface area contributed by atoms with E-state index in [1.54, 1.807) is 4.90 Å². The van der Waals surface area contributed by atoms with Crippen molar-refractivity contribution in [1.29, 1.82) is 0 Å². The monoisotopic (exact) mass is 350 g/mol. The molecule has 1 aromatic carbocycles. The molecule has 0 bridgehead atoms. The molecule has 21 heavy (non-hydrogen) atoms. The molecule has 1 aliphatic carbocycles. The van der Waals surface area contributed by atoms with Gasteiger partial charge in [-0.3, -0.25) is 14.5 Å². The molecular weight excluding hydrogens is 332 g/mol. The minimum absolute atomic E-state index is 0.0221. The van der Waals surface area contributed by atoms with Gasteiger partial charge in [-0.05, 0) is 42.9 Å². The maximum Gasteiger partial charge on any atom is 0.250 e. The number of piperazine rings is 1. The zero-order valence-corrected chi connectivity index (χ0v) is 13.8. The molecule has 1 aliphatic heterocycles. The van der Waals surface area contributed by atoms with Crippen molar-refractivity contribution >= 4 is 33.4 Å². The number of nitrogens with zero attached hydrogens (tertiary/aromatic N) is 1. The van der Waals surface area contributed by atoms with Gasteiger partial charge < -0.3 is 5.32 Å². The summed E-state index contributed by atoms with van der Waals surface area (Å²) in [5.74, 6) is 0.354. The Morgan fingerprint density at radius 3 is 2.57 bits per heavy atom. The minimum atomic E-state index is -0.443. The molecular formula is C16H19BrN2O2. The molecule has 0 radical (unpaired) electrons. The lowest BCUT2D eigenvalue weighted by atomic mass is 9.95. The van der Waals surface area contributed by atoms with E-state index in [2.05, 4.69) is 21.2 Å². The molecule has 3 rings (SSSR count). The third-order valence-corrected chi connectivity index (χ3v) is 4.65. The van der Waals surface area contributed by atoms with Crippen LogP contribution >= 0.6 is 15.9 Å². The third-order valence-electron chi connectivity index (χ3n) is 4.16. The lowest BCUT2D eigenvalue weighted by molar-refractivity contribution is -0.135. The van der Waals surface area contributed by atoms with Crippen molar-refractivity contribution in [2.75, 3.05) is 4.90 Å². The van der Waals surface area contributed by atoms with Crippen molar-refractivity contribution in [3.8, 4) is 0 Å². The van der Waals surface area contributed by atoms with E-state index in [4.69, 9.17) is 0 Å². The first-order chi connectivity index (χ1) is 9.99. The van der Waals surface area contributed by atoms with Crippen LogP contribution in [0.3, 0.4) is 0 Å². The molecule has 0 spiro atoms. The van der Waals surface area contributed by atoms with Gasteiger partial charge in [-0.25, -0.2) is 0 Å². The fraction of sp³-hybridized carbons (Fsp3) is 0.500. The summed E-state index contributed by atoms with van der Waals surface area (Å²) in [5, 5.41) is 2.93. The van der Waals surface area contributed by atoms with Crippen molar-refractivity contribution in [1.82, 2.24) is 5.32 Å². The molecule has 1 heterocycles. The summed E-state index contributed by atoms with van der Waals surface area (Å²) in [6.07, 6.45) is 2.05. The van der Waals surface area contributed by atoms with Gasteiger partial charge in [0.15, 0.2) is 0 Å². The van der Waals surface area contributed by atoms with E-state index in [1.807, 2.05) is 38.1 Å². The van der Waals surface area contributed by atoms with Crippen LogP contribution in [0.15, 0.2) is 28.7 Å². The summed E-state index contributed by atoms with van der Waals surface area (Å²) in [6, 6.07) is 6.80. The van der Waals surface area contributed by atoms with E-state index in [9.17, 15) is 9.59 Å². The van der Waals surface area contributed by atoms with Gasteiger partial charge in [-0.2, -0.15) is 0 Å². The summed E-state index contributed by atoms with van der Waals surface area (Å²) < 4.78 is 0.907. The highest BCUT2D eigenvalue weighted by atomic mass is 79.9. The second kappa shape index (κ2) is 5.44. The number of amides is 2. The van der Waals surface area contributed by atoms with Gasteiger partial charge >= 0.3 is 0 Å². The van der Waals surface area contributed by atoms with Gasteiger partial charge in [0.05, 0.1) is 0 Å². The highest BCUT2D eigenvalue weighted by molar-refractivity contribution is 9.10. The predicted octanol–water partition coefficient (Wildman–Crippen LogP) is 2.72. The van der Waals surface area contributed by atoms with Crippen LogP contribution in [0, 0.1) is 11.8 Å². The van der Waals surface area contributed by atoms with Gasteiger partial charge in [-0.1, -0.05) is 35.8 Å². The van der Waals surface area contributed by atoms with Crippen LogP contribution in [0.4, 0.5) is 5.69 Å². The molecule has 5 heteroatoms. The molecule has 112 valence electrons. The lowest BCUT2D eigenvalue weighted by Gasteiger charge is -2.41. The summed E-state index contributed by atoms with van der Waals surface area (Å²) in [6.45, 7) is 3.94. The van der Waals surface area contributed by atoms with Crippen LogP contribution in [0.2, 0.25) is 0 Å². The highest BCUT2D eigenvalue weighted by Gasteiger charge is 2.48. The maximum atomic E-state index is 12.9. The number of nitrogens with one attached hydrogen (secondary N) is 1. The van der Waals surface area contributed by atoms with Crippen molar-refractivity contribution in [3.63, 3.8) is 0 Å². The lowest BCUT2D eigenvalue weighted by Crippen LogP contribution is -2.65. The van der Waals surface area contributed by atoms with E-state index >= 15 is 0 Å². The summed E-state index contributed by atoms with van der Waals surface area (Å²) in [5.41, 5.74) is 0.786. The molecule has 1 aromatic rings. The minimum Gasteiger partial charge on any atom is -0.342 e. The van der Waals surface area contributed by atoms with Crippen molar-refractivity contribution < 1.29 is 9.59 Å². The zero-order chi connectivity index (χ0) is 15.1. The second-order valence-electron chi connectivity index (χ2n) is 6.20. The predicted molar refractivity (Wildman–Crippen MR) is 84.9 cm³/mol. The summed E-state index contributed by atoms with van der Waals surface area (Å²) >= 11 is 3.44. The van der Waals surface area contributed by atoms with Gasteiger partial charge in [0.25, 0.3) is 5.91 Å². The normalized spacial score (nSPS) is 26.2. The fourth-order valence-electron chi connectivity index (χ4n) is 2.97. The molecule has 2 aliphatic rings. The van der Waals surface area contributed by atoms with E-state index < -0.39 is 6.04 Å². The number of carbonyl (C=O) groups excluding carboxylic acids is 2. The Balaban J connectivity index is 2.01. The molecule has 2 unspecified atom stereocenters. The quantitative estimate of drug-likeness (QED) is 0.910. The van der Waals surface area contributed by atoms with E-state index in [-0.39, 0.29) is 23.8 Å². The third kappa shape index (κ3) is 2.71. The molecule has 1 saturated carbocycles. The molecule has 1 saturated heterocycles. The van der Waals surface area contributed by atoms with Crippen molar-refractivity contribution in [2.45, 2.75) is 38.8 Å². The van der Waals surface area contributed by atoms with E-state index in [1.165, 1.54) is 0 Å². The van der Waals surface area contributed by atoms with Gasteiger partial charge in [-0.15, -0.1) is 0 Å². The number of hydrogen-bond donors (Lipinski definition) is 1. The fourth-order valence-corrected chi connectivity index (χ4v) is 3.36. The van der Waals surface area contributed by atoms with Gasteiger partial charge in [0.2, 0.25) is 5.91 Å². The van der Waals surface area contributed by atoms with Gasteiger partial charge in [0.1, 0.15) is 12.1 Å². The molecule has 2 atom stereocenters. The molecule has 2 fully saturated rings. The SMILES string of the molecule is CC(C)C1C(=O)NC(C2CC2)C(=O)N1c1cccc(Br)c1. The average molecular weight is 351 g/mol. The standard InChI is InChI=1S/C16H19BrN2O2/c1-9(2)14-15(20)18-13(10-6-7-10)16(21)19(14)12-5-3-4-11(17)8-12/h3-5,8-10,13-14H,6-7H2,1-2H3,(H,18,20). The van der Waals surface area contributed by atoms with Crippen LogP contribution in [-0.2, 0) is 9.59 Å². The Morgan fingerprint density at radius 2 is 2.00 bits per heavy atom. The van der Waals surface area contributed by atoms with Crippen LogP contribution < -0.4 is 10.2 Å². The first-order valence-electron chi connectivity index (χ1n) is 7.38. The number of rotatable bonds is 3. The zero-order valence-electron chi connectivity index (χ0n) is 12.2. The first kappa shape index (κ1) is 14.6. The number of anilines is 1. The van der Waals surface area contributed by atoms with Crippen LogP contribution in [0.25, 0.3) is 0 Å². The number of carbonyl (C=O) groups is 2. The Labute approximate surface area is 133 Å². The Bertz CT molecular complexity index is 583. The van der Waals surface area contributed by atoms with E-state index in [0.717, 1.165) is 23.0 Å². The molecule has 2 amide bonds. The summed E-state index contributed by atoms with van der Waals surface area (Å²) in [4.78, 5) is 27.0. The smallest absolute Gasteiger partial charge is 0.250 e. The molecule has 1 N–H and O–H groups in total. The van der Waals surface area contributed by atoms with E-state index in [0.29, 0.717) is 5.92 Å². The number of benzene rings is 1. The molecule has 0 aromatic heterocycles. The van der Waals surface area contributed by atoms with Crippen molar-refractivity contribution in [3.05, 3.63) is 28.7 Å². The first-order valence-corrected chi connectivity index (χ1v) is 8.17. The van der Waals surface area contributed by atoms with Crippen molar-refractivity contribution in [2.24, 2.45) is 11.8 Å². The number of halogens is 1. The van der Waals surface area contributed by atoms with Crippen LogP contribution in [0.5, 0.6) is 0 Å². The number of hydrogen-bond acceptors (Lipinski definition) is 2. The second-order valence-corrected chi connectivity index (χ2v) is 7.12. The maximum absolute atomic E-state index is 12.9. The molecule has 4 nitrogen and oxygen atoms in total. The Morgan fingerprint density at radius 1 is 1.29 bits per heavy atom. The largest absolute Gasteiger partial charge is 0.342 e. The Kier molecular flexibility index (Phi) is 3.78. The summed E-state index contributed by atoms with van der Waals surface area (Å²) in [7, 11) is 0. The van der Waals surface area contributed by atoms with Gasteiger partial charge in [0, 0.05) is 10.2 Å². The Hall–Kier alpha value is -1.36. The average Bonchev–Trinajstić information content (AvgIpc) is 3.24. The van der Waals surface area contributed by atoms with Crippen LogP contribution in [0.1, 0.15) is 26.7 Å². The van der Waals surface area contributed by atoms with Crippen LogP contribution in [-0.4, -0.2) is 23.9 Å².